The van der Waals surface area contributed by atoms with Gasteiger partial charge in [0.2, 0.25) is 0 Å². The van der Waals surface area contributed by atoms with Crippen LogP contribution in [-0.4, -0.2) is 69.2 Å². The van der Waals surface area contributed by atoms with Crippen LogP contribution in [0.5, 0.6) is 0 Å². The molecule has 0 saturated heterocycles. The Bertz CT molecular complexity index is 917. The standard InChI is InChI=1S/C23H26N2O7/c1-30-20(22(28)24-10-11-31-14-21(26)27)12-25-23(29)32-13-19-17-8-4-2-6-15(17)16-7-3-5-9-18(16)19/h2-9,19-20H,10-14H2,1H3,(H,24,28)(H,25,29)(H,26,27). The number of alkyl carbamates (subject to hydrolysis) is 1. The largest absolute Gasteiger partial charge is 0.480 e. The smallest absolute Gasteiger partial charge is 0.407 e. The van der Waals surface area contributed by atoms with Crippen molar-refractivity contribution < 1.29 is 33.7 Å². The van der Waals surface area contributed by atoms with Crippen molar-refractivity contribution in [3.8, 4) is 11.1 Å². The van der Waals surface area contributed by atoms with Gasteiger partial charge in [-0.15, -0.1) is 0 Å². The molecule has 9 nitrogen and oxygen atoms in total. The van der Waals surface area contributed by atoms with Gasteiger partial charge in [-0.05, 0) is 22.3 Å². The molecule has 0 saturated carbocycles. The number of nitrogens with one attached hydrogen (secondary N) is 2. The molecular weight excluding hydrogens is 416 g/mol. The molecule has 2 aromatic rings. The maximum absolute atomic E-state index is 12.2. The molecule has 0 fully saturated rings. The predicted octanol–water partition coefficient (Wildman–Crippen LogP) is 1.76. The zero-order valence-corrected chi connectivity index (χ0v) is 17.7. The van der Waals surface area contributed by atoms with Crippen molar-refractivity contribution in [3.63, 3.8) is 0 Å². The minimum Gasteiger partial charge on any atom is -0.480 e. The van der Waals surface area contributed by atoms with E-state index in [4.69, 9.17) is 19.3 Å². The van der Waals surface area contributed by atoms with Gasteiger partial charge in [0.15, 0.2) is 6.10 Å². The lowest BCUT2D eigenvalue weighted by molar-refractivity contribution is -0.142. The summed E-state index contributed by atoms with van der Waals surface area (Å²) in [5.41, 5.74) is 4.50. The Labute approximate surface area is 185 Å². The topological polar surface area (TPSA) is 123 Å². The van der Waals surface area contributed by atoms with Gasteiger partial charge in [0.1, 0.15) is 13.2 Å². The molecule has 1 atom stereocenters. The number of rotatable bonds is 11. The molecular formula is C23H26N2O7. The summed E-state index contributed by atoms with van der Waals surface area (Å²) in [6.45, 7) is -0.169. The molecule has 170 valence electrons. The van der Waals surface area contributed by atoms with Gasteiger partial charge in [0.05, 0.1) is 13.2 Å². The number of amides is 2. The van der Waals surface area contributed by atoms with Crippen LogP contribution in [0.2, 0.25) is 0 Å². The van der Waals surface area contributed by atoms with E-state index in [0.29, 0.717) is 0 Å². The minimum absolute atomic E-state index is 0.0499. The zero-order chi connectivity index (χ0) is 22.9. The molecule has 1 aliphatic rings. The SMILES string of the molecule is COC(CNC(=O)OCC1c2ccccc2-c2ccccc21)C(=O)NCCOCC(=O)O. The van der Waals surface area contributed by atoms with Crippen LogP contribution in [0.4, 0.5) is 4.79 Å². The third kappa shape index (κ3) is 5.83. The Morgan fingerprint density at radius 1 is 1.00 bits per heavy atom. The van der Waals surface area contributed by atoms with Crippen LogP contribution in [0.3, 0.4) is 0 Å². The third-order valence-corrected chi connectivity index (χ3v) is 5.12. The van der Waals surface area contributed by atoms with E-state index in [1.165, 1.54) is 7.11 Å². The molecule has 2 aromatic carbocycles. The second kappa shape index (κ2) is 11.3. The lowest BCUT2D eigenvalue weighted by atomic mass is 9.98. The maximum Gasteiger partial charge on any atom is 0.407 e. The van der Waals surface area contributed by atoms with Gasteiger partial charge in [-0.3, -0.25) is 4.79 Å². The van der Waals surface area contributed by atoms with Gasteiger partial charge in [-0.2, -0.15) is 0 Å². The first-order valence-electron chi connectivity index (χ1n) is 10.2. The van der Waals surface area contributed by atoms with Gasteiger partial charge in [-0.25, -0.2) is 9.59 Å². The van der Waals surface area contributed by atoms with Gasteiger partial charge in [-0.1, -0.05) is 48.5 Å². The normalized spacial score (nSPS) is 13.0. The van der Waals surface area contributed by atoms with Crippen molar-refractivity contribution in [2.75, 3.05) is 40.0 Å². The molecule has 1 aliphatic carbocycles. The van der Waals surface area contributed by atoms with Crippen molar-refractivity contribution in [1.29, 1.82) is 0 Å². The second-order valence-corrected chi connectivity index (χ2v) is 7.17. The molecule has 0 aromatic heterocycles. The van der Waals surface area contributed by atoms with Crippen LogP contribution in [0.15, 0.2) is 48.5 Å². The molecule has 0 aliphatic heterocycles. The lowest BCUT2D eigenvalue weighted by Gasteiger charge is -2.17. The van der Waals surface area contributed by atoms with Crippen LogP contribution in [0, 0.1) is 0 Å². The summed E-state index contributed by atoms with van der Waals surface area (Å²) in [6, 6.07) is 16.1. The highest BCUT2D eigenvalue weighted by Crippen LogP contribution is 2.44. The Morgan fingerprint density at radius 2 is 1.62 bits per heavy atom. The fourth-order valence-electron chi connectivity index (χ4n) is 3.63. The van der Waals surface area contributed by atoms with E-state index in [9.17, 15) is 14.4 Å². The molecule has 0 radical (unpaired) electrons. The fraction of sp³-hybridized carbons (Fsp3) is 0.348. The molecule has 0 bridgehead atoms. The summed E-state index contributed by atoms with van der Waals surface area (Å²) < 4.78 is 15.4. The number of aliphatic carboxylic acids is 1. The monoisotopic (exact) mass is 442 g/mol. The third-order valence-electron chi connectivity index (χ3n) is 5.12. The molecule has 2 amide bonds. The summed E-state index contributed by atoms with van der Waals surface area (Å²) >= 11 is 0. The molecule has 0 heterocycles. The van der Waals surface area contributed by atoms with Crippen molar-refractivity contribution in [3.05, 3.63) is 59.7 Å². The van der Waals surface area contributed by atoms with Crippen LogP contribution in [0.1, 0.15) is 17.0 Å². The van der Waals surface area contributed by atoms with Crippen molar-refractivity contribution in [2.45, 2.75) is 12.0 Å². The van der Waals surface area contributed by atoms with E-state index >= 15 is 0 Å². The minimum atomic E-state index is -1.08. The van der Waals surface area contributed by atoms with E-state index < -0.39 is 30.7 Å². The number of hydrogen-bond donors (Lipinski definition) is 3. The van der Waals surface area contributed by atoms with Gasteiger partial charge in [0.25, 0.3) is 5.91 Å². The number of carbonyl (C=O) groups is 3. The highest BCUT2D eigenvalue weighted by Gasteiger charge is 2.29. The van der Waals surface area contributed by atoms with Gasteiger partial charge >= 0.3 is 12.1 Å². The Balaban J connectivity index is 1.45. The zero-order valence-electron chi connectivity index (χ0n) is 17.7. The fourth-order valence-corrected chi connectivity index (χ4v) is 3.63. The summed E-state index contributed by atoms with van der Waals surface area (Å²) in [5, 5.41) is 13.6. The summed E-state index contributed by atoms with van der Waals surface area (Å²) in [4.78, 5) is 34.7. The first-order valence-corrected chi connectivity index (χ1v) is 10.2. The number of methoxy groups -OCH3 is 1. The Morgan fingerprint density at radius 3 is 2.22 bits per heavy atom. The average molecular weight is 442 g/mol. The summed E-state index contributed by atoms with van der Waals surface area (Å²) in [6.07, 6.45) is -1.57. The van der Waals surface area contributed by atoms with Gasteiger partial charge < -0.3 is 30.0 Å². The van der Waals surface area contributed by atoms with Crippen LogP contribution in [0.25, 0.3) is 11.1 Å². The molecule has 32 heavy (non-hydrogen) atoms. The first kappa shape index (κ1) is 23.2. The highest BCUT2D eigenvalue weighted by atomic mass is 16.5. The quantitative estimate of drug-likeness (QED) is 0.453. The van der Waals surface area contributed by atoms with E-state index in [-0.39, 0.29) is 32.2 Å². The number of benzene rings is 2. The molecule has 3 N–H and O–H groups in total. The van der Waals surface area contributed by atoms with E-state index in [0.717, 1.165) is 22.3 Å². The van der Waals surface area contributed by atoms with Gasteiger partial charge in [0, 0.05) is 19.6 Å². The van der Waals surface area contributed by atoms with Crippen molar-refractivity contribution in [1.82, 2.24) is 10.6 Å². The summed E-state index contributed by atoms with van der Waals surface area (Å²) in [5.74, 6) is -1.59. The average Bonchev–Trinajstić information content (AvgIpc) is 3.11. The number of carboxylic acid groups (broad SMARTS) is 1. The van der Waals surface area contributed by atoms with E-state index in [2.05, 4.69) is 22.8 Å². The van der Waals surface area contributed by atoms with Crippen LogP contribution >= 0.6 is 0 Å². The number of carboxylic acids is 1. The van der Waals surface area contributed by atoms with Crippen LogP contribution in [-0.2, 0) is 23.8 Å². The highest BCUT2D eigenvalue weighted by molar-refractivity contribution is 5.82. The second-order valence-electron chi connectivity index (χ2n) is 7.17. The van der Waals surface area contributed by atoms with Crippen molar-refractivity contribution >= 4 is 18.0 Å². The molecule has 9 heteroatoms. The Hall–Kier alpha value is -3.43. The number of hydrogen-bond acceptors (Lipinski definition) is 6. The Kier molecular flexibility index (Phi) is 8.18. The summed E-state index contributed by atoms with van der Waals surface area (Å²) in [7, 11) is 1.35. The molecule has 3 rings (SSSR count). The number of fused-ring (bicyclic) bond motifs is 3. The first-order chi connectivity index (χ1) is 15.5. The van der Waals surface area contributed by atoms with E-state index in [1.54, 1.807) is 0 Å². The van der Waals surface area contributed by atoms with Crippen LogP contribution < -0.4 is 10.6 Å². The van der Waals surface area contributed by atoms with Crippen molar-refractivity contribution in [2.24, 2.45) is 0 Å². The predicted molar refractivity (Wildman–Crippen MR) is 115 cm³/mol. The van der Waals surface area contributed by atoms with E-state index in [1.807, 2.05) is 36.4 Å². The molecule has 0 spiro atoms. The maximum atomic E-state index is 12.2. The lowest BCUT2D eigenvalue weighted by Crippen LogP contribution is -2.44. The number of carbonyl (C=O) groups excluding carboxylic acids is 2. The number of ether oxygens (including phenoxy) is 3. The molecule has 1 unspecified atom stereocenters.